The molecule has 3 rings (SSSR count). The zero-order valence-corrected chi connectivity index (χ0v) is 13.1. The topological polar surface area (TPSA) is 63.5 Å². The molecule has 6 heteroatoms. The Hall–Kier alpha value is -1.82. The van der Waals surface area contributed by atoms with E-state index in [1.807, 2.05) is 35.8 Å². The van der Waals surface area contributed by atoms with Gasteiger partial charge in [-0.05, 0) is 19.4 Å². The number of para-hydroxylation sites is 1. The van der Waals surface area contributed by atoms with Gasteiger partial charge in [0, 0.05) is 35.9 Å². The standard InChI is InChI=1S/C15H19N3O2S/c1-11-15(21(2,19)20)12-6-3-4-7-13(12)18(11)10-14-16-8-5-9-17-14/h3-4,6-7H,5,8-10H2,1-2H3,(H,16,17). The van der Waals surface area contributed by atoms with Crippen molar-refractivity contribution in [2.24, 2.45) is 4.99 Å². The Bertz CT molecular complexity index is 819. The third-order valence-corrected chi connectivity index (χ3v) is 5.08. The summed E-state index contributed by atoms with van der Waals surface area (Å²) in [5, 5.41) is 4.07. The fourth-order valence-corrected chi connectivity index (χ4v) is 4.13. The van der Waals surface area contributed by atoms with Crippen LogP contribution in [0.5, 0.6) is 0 Å². The van der Waals surface area contributed by atoms with E-state index >= 15 is 0 Å². The van der Waals surface area contributed by atoms with Crippen molar-refractivity contribution in [1.82, 2.24) is 9.88 Å². The van der Waals surface area contributed by atoms with Crippen molar-refractivity contribution >= 4 is 26.6 Å². The highest BCUT2D eigenvalue weighted by Gasteiger charge is 2.22. The predicted molar refractivity (Wildman–Crippen MR) is 84.7 cm³/mol. The van der Waals surface area contributed by atoms with Gasteiger partial charge in [0.2, 0.25) is 0 Å². The highest BCUT2D eigenvalue weighted by atomic mass is 32.2. The van der Waals surface area contributed by atoms with Gasteiger partial charge in [-0.3, -0.25) is 4.99 Å². The van der Waals surface area contributed by atoms with Gasteiger partial charge in [-0.25, -0.2) is 8.42 Å². The molecule has 112 valence electrons. The van der Waals surface area contributed by atoms with Gasteiger partial charge in [-0.15, -0.1) is 0 Å². The molecule has 1 N–H and O–H groups in total. The highest BCUT2D eigenvalue weighted by molar-refractivity contribution is 7.91. The number of nitrogens with one attached hydrogen (secondary N) is 1. The Balaban J connectivity index is 2.18. The summed E-state index contributed by atoms with van der Waals surface area (Å²) < 4.78 is 26.3. The third-order valence-electron chi connectivity index (χ3n) is 3.82. The summed E-state index contributed by atoms with van der Waals surface area (Å²) in [6.07, 6.45) is 2.31. The maximum absolute atomic E-state index is 12.1. The molecule has 5 nitrogen and oxygen atoms in total. The van der Waals surface area contributed by atoms with Crippen LogP contribution in [0.3, 0.4) is 0 Å². The van der Waals surface area contributed by atoms with Crippen LogP contribution < -0.4 is 5.32 Å². The van der Waals surface area contributed by atoms with Crippen LogP contribution in [0, 0.1) is 6.92 Å². The van der Waals surface area contributed by atoms with Crippen LogP contribution in [0.15, 0.2) is 34.2 Å². The molecule has 0 aliphatic carbocycles. The number of aromatic nitrogens is 1. The smallest absolute Gasteiger partial charge is 0.177 e. The fourth-order valence-electron chi connectivity index (χ4n) is 2.91. The summed E-state index contributed by atoms with van der Waals surface area (Å²) in [6, 6.07) is 7.63. The van der Waals surface area contributed by atoms with Gasteiger partial charge in [0.1, 0.15) is 5.84 Å². The number of fused-ring (bicyclic) bond motifs is 1. The molecule has 0 bridgehead atoms. The minimum atomic E-state index is -3.26. The van der Waals surface area contributed by atoms with E-state index in [1.54, 1.807) is 0 Å². The summed E-state index contributed by atoms with van der Waals surface area (Å²) in [4.78, 5) is 4.90. The van der Waals surface area contributed by atoms with E-state index in [0.29, 0.717) is 11.4 Å². The second-order valence-corrected chi connectivity index (χ2v) is 7.35. The van der Waals surface area contributed by atoms with Crippen LogP contribution in [0.4, 0.5) is 0 Å². The number of nitrogens with zero attached hydrogens (tertiary/aromatic N) is 2. The molecule has 0 unspecified atom stereocenters. The highest BCUT2D eigenvalue weighted by Crippen LogP contribution is 2.29. The van der Waals surface area contributed by atoms with Crippen LogP contribution in [0.1, 0.15) is 12.1 Å². The number of aliphatic imine (C=N–C) groups is 1. The average molecular weight is 305 g/mol. The first-order valence-corrected chi connectivity index (χ1v) is 8.92. The third kappa shape index (κ3) is 2.55. The van der Waals surface area contributed by atoms with Crippen molar-refractivity contribution in [2.75, 3.05) is 19.3 Å². The van der Waals surface area contributed by atoms with Crippen LogP contribution in [0.25, 0.3) is 10.9 Å². The first-order chi connectivity index (χ1) is 9.98. The molecule has 1 aliphatic heterocycles. The van der Waals surface area contributed by atoms with E-state index in [0.717, 1.165) is 41.9 Å². The molecule has 21 heavy (non-hydrogen) atoms. The van der Waals surface area contributed by atoms with Crippen molar-refractivity contribution in [1.29, 1.82) is 0 Å². The predicted octanol–water partition coefficient (Wildman–Crippen LogP) is 1.75. The number of hydrogen-bond acceptors (Lipinski definition) is 4. The van der Waals surface area contributed by atoms with E-state index in [1.165, 1.54) is 6.26 Å². The van der Waals surface area contributed by atoms with Crippen LogP contribution in [-0.4, -0.2) is 38.2 Å². The lowest BCUT2D eigenvalue weighted by molar-refractivity contribution is 0.601. The number of benzene rings is 1. The van der Waals surface area contributed by atoms with E-state index in [9.17, 15) is 8.42 Å². The second kappa shape index (κ2) is 5.18. The monoisotopic (exact) mass is 305 g/mol. The van der Waals surface area contributed by atoms with E-state index < -0.39 is 9.84 Å². The molecule has 1 aromatic carbocycles. The minimum absolute atomic E-state index is 0.425. The van der Waals surface area contributed by atoms with Crippen LogP contribution >= 0.6 is 0 Å². The zero-order chi connectivity index (χ0) is 15.0. The van der Waals surface area contributed by atoms with Gasteiger partial charge in [0.25, 0.3) is 0 Å². The maximum Gasteiger partial charge on any atom is 0.177 e. The van der Waals surface area contributed by atoms with E-state index in [-0.39, 0.29) is 0 Å². The second-order valence-electron chi connectivity index (χ2n) is 5.40. The molecule has 0 spiro atoms. The molecule has 1 aromatic heterocycles. The van der Waals surface area contributed by atoms with Gasteiger partial charge in [0.15, 0.2) is 9.84 Å². The molecule has 0 fully saturated rings. The SMILES string of the molecule is Cc1c(S(C)(=O)=O)c2ccccc2n1CC1=NCCCN1. The van der Waals surface area contributed by atoms with Crippen LogP contribution in [-0.2, 0) is 16.4 Å². The van der Waals surface area contributed by atoms with Gasteiger partial charge >= 0.3 is 0 Å². The zero-order valence-electron chi connectivity index (χ0n) is 12.3. The molecule has 0 saturated carbocycles. The summed E-state index contributed by atoms with van der Waals surface area (Å²) in [5.74, 6) is 0.921. The van der Waals surface area contributed by atoms with Crippen molar-refractivity contribution in [3.63, 3.8) is 0 Å². The Kier molecular flexibility index (Phi) is 3.49. The van der Waals surface area contributed by atoms with E-state index in [4.69, 9.17) is 0 Å². The molecule has 2 heterocycles. The Morgan fingerprint density at radius 2 is 2.10 bits per heavy atom. The number of rotatable bonds is 3. The van der Waals surface area contributed by atoms with Crippen molar-refractivity contribution < 1.29 is 8.42 Å². The molecule has 0 radical (unpaired) electrons. The Morgan fingerprint density at radius 1 is 1.33 bits per heavy atom. The van der Waals surface area contributed by atoms with Crippen molar-refractivity contribution in [3.8, 4) is 0 Å². The van der Waals surface area contributed by atoms with Crippen LogP contribution in [0.2, 0.25) is 0 Å². The normalized spacial score (nSPS) is 15.8. The molecular formula is C15H19N3O2S. The number of sulfone groups is 1. The summed E-state index contributed by atoms with van der Waals surface area (Å²) >= 11 is 0. The molecule has 1 aliphatic rings. The lowest BCUT2D eigenvalue weighted by atomic mass is 10.2. The van der Waals surface area contributed by atoms with Gasteiger partial charge in [-0.1, -0.05) is 18.2 Å². The van der Waals surface area contributed by atoms with Crippen molar-refractivity contribution in [3.05, 3.63) is 30.0 Å². The summed E-state index contributed by atoms with van der Waals surface area (Å²) in [7, 11) is -3.26. The van der Waals surface area contributed by atoms with Gasteiger partial charge in [-0.2, -0.15) is 0 Å². The average Bonchev–Trinajstić information content (AvgIpc) is 2.73. The largest absolute Gasteiger partial charge is 0.372 e. The Labute approximate surface area is 124 Å². The molecule has 0 amide bonds. The molecule has 2 aromatic rings. The van der Waals surface area contributed by atoms with Crippen molar-refractivity contribution in [2.45, 2.75) is 24.8 Å². The first-order valence-electron chi connectivity index (χ1n) is 7.03. The quantitative estimate of drug-likeness (QED) is 0.939. The Morgan fingerprint density at radius 3 is 2.76 bits per heavy atom. The first kappa shape index (κ1) is 14.1. The van der Waals surface area contributed by atoms with E-state index in [2.05, 4.69) is 10.3 Å². The summed E-state index contributed by atoms with van der Waals surface area (Å²) in [5.41, 5.74) is 1.71. The lowest BCUT2D eigenvalue weighted by Gasteiger charge is -2.16. The minimum Gasteiger partial charge on any atom is -0.372 e. The fraction of sp³-hybridized carbons (Fsp3) is 0.400. The number of amidine groups is 1. The number of hydrogen-bond donors (Lipinski definition) is 1. The molecular weight excluding hydrogens is 286 g/mol. The molecule has 0 atom stereocenters. The maximum atomic E-state index is 12.1. The lowest BCUT2D eigenvalue weighted by Crippen LogP contribution is -2.33. The summed E-state index contributed by atoms with van der Waals surface area (Å²) in [6.45, 7) is 4.21. The molecule has 0 saturated heterocycles. The van der Waals surface area contributed by atoms with Gasteiger partial charge < -0.3 is 9.88 Å². The van der Waals surface area contributed by atoms with Gasteiger partial charge in [0.05, 0.1) is 11.4 Å².